The van der Waals surface area contributed by atoms with Crippen molar-refractivity contribution < 1.29 is 9.47 Å². The van der Waals surface area contributed by atoms with Gasteiger partial charge in [0.2, 0.25) is 0 Å². The highest BCUT2D eigenvalue weighted by Crippen LogP contribution is 2.24. The van der Waals surface area contributed by atoms with Crippen molar-refractivity contribution in [3.8, 4) is 5.75 Å². The molecule has 29 heavy (non-hydrogen) atoms. The van der Waals surface area contributed by atoms with Crippen LogP contribution in [0.5, 0.6) is 5.75 Å². The molecule has 0 aliphatic carbocycles. The van der Waals surface area contributed by atoms with E-state index in [1.165, 1.54) is 11.1 Å². The third-order valence-corrected chi connectivity index (χ3v) is 5.52. The van der Waals surface area contributed by atoms with Gasteiger partial charge in [0.1, 0.15) is 5.75 Å². The Morgan fingerprint density at radius 2 is 1.66 bits per heavy atom. The summed E-state index contributed by atoms with van der Waals surface area (Å²) in [5.41, 5.74) is 3.56. The van der Waals surface area contributed by atoms with Gasteiger partial charge in [0.15, 0.2) is 5.11 Å². The Morgan fingerprint density at radius 1 is 1.03 bits per heavy atom. The normalized spacial score (nSPS) is 15.7. The Bertz CT molecular complexity index is 772. The van der Waals surface area contributed by atoms with Crippen molar-refractivity contribution in [2.24, 2.45) is 0 Å². The third-order valence-electron chi connectivity index (χ3n) is 5.28. The number of methoxy groups -OCH3 is 1. The zero-order chi connectivity index (χ0) is 20.6. The Kier molecular flexibility index (Phi) is 7.86. The minimum absolute atomic E-state index is 0.216. The quantitative estimate of drug-likeness (QED) is 0.664. The van der Waals surface area contributed by atoms with Crippen LogP contribution in [0.15, 0.2) is 48.5 Å². The number of hydrogen-bond donors (Lipinski definition) is 2. The predicted molar refractivity (Wildman–Crippen MR) is 123 cm³/mol. The van der Waals surface area contributed by atoms with Crippen LogP contribution in [0, 0.1) is 0 Å². The van der Waals surface area contributed by atoms with Gasteiger partial charge in [-0.25, -0.2) is 0 Å². The molecule has 156 valence electrons. The van der Waals surface area contributed by atoms with E-state index in [-0.39, 0.29) is 6.04 Å². The molecule has 2 aromatic rings. The van der Waals surface area contributed by atoms with Crippen LogP contribution in [0.4, 0.5) is 5.69 Å². The van der Waals surface area contributed by atoms with Crippen molar-refractivity contribution in [1.29, 1.82) is 0 Å². The van der Waals surface area contributed by atoms with E-state index >= 15 is 0 Å². The van der Waals surface area contributed by atoms with Crippen LogP contribution < -0.4 is 15.4 Å². The number of ether oxygens (including phenoxy) is 2. The standard InChI is InChI=1S/C23H31N3O2S/c1-17(2)18-4-8-20(9-5-18)25-23(29)24-16-22(26-12-14-28-15-13-26)19-6-10-21(27-3)11-7-19/h4-11,17,22H,12-16H2,1-3H3,(H2,24,25,29)/t22-/m1/s1. The highest BCUT2D eigenvalue weighted by Gasteiger charge is 2.23. The first-order chi connectivity index (χ1) is 14.1. The molecule has 0 aromatic heterocycles. The number of anilines is 1. The third kappa shape index (κ3) is 6.16. The van der Waals surface area contributed by atoms with E-state index in [9.17, 15) is 0 Å². The van der Waals surface area contributed by atoms with Gasteiger partial charge in [0.05, 0.1) is 26.4 Å². The molecule has 0 saturated carbocycles. The maximum absolute atomic E-state index is 5.54. The molecule has 0 spiro atoms. The van der Waals surface area contributed by atoms with Crippen molar-refractivity contribution in [3.05, 3.63) is 59.7 Å². The SMILES string of the molecule is COc1ccc([C@@H](CNC(=S)Nc2ccc(C(C)C)cc2)N2CCOCC2)cc1. The van der Waals surface area contributed by atoms with Crippen molar-refractivity contribution in [1.82, 2.24) is 10.2 Å². The first kappa shape index (κ1) is 21.6. The van der Waals surface area contributed by atoms with Crippen LogP contribution in [-0.4, -0.2) is 50.0 Å². The number of thiocarbonyl (C=S) groups is 1. The van der Waals surface area contributed by atoms with Gasteiger partial charge in [0.25, 0.3) is 0 Å². The summed E-state index contributed by atoms with van der Waals surface area (Å²) in [6.07, 6.45) is 0. The molecule has 0 amide bonds. The van der Waals surface area contributed by atoms with Crippen molar-refractivity contribution in [2.75, 3.05) is 45.3 Å². The number of nitrogens with one attached hydrogen (secondary N) is 2. The van der Waals surface area contributed by atoms with Crippen LogP contribution in [0.1, 0.15) is 36.9 Å². The fourth-order valence-electron chi connectivity index (χ4n) is 3.49. The zero-order valence-electron chi connectivity index (χ0n) is 17.5. The molecule has 3 rings (SSSR count). The summed E-state index contributed by atoms with van der Waals surface area (Å²) in [5, 5.41) is 7.33. The van der Waals surface area contributed by atoms with Crippen molar-refractivity contribution in [2.45, 2.75) is 25.8 Å². The first-order valence-corrected chi connectivity index (χ1v) is 10.6. The molecular weight excluding hydrogens is 382 g/mol. The number of rotatable bonds is 7. The van der Waals surface area contributed by atoms with E-state index in [0.29, 0.717) is 11.0 Å². The lowest BCUT2D eigenvalue weighted by atomic mass is 10.0. The molecule has 1 aliphatic rings. The minimum atomic E-state index is 0.216. The van der Waals surface area contributed by atoms with Crippen LogP contribution in [0.25, 0.3) is 0 Å². The molecule has 1 fully saturated rings. The maximum atomic E-state index is 5.54. The topological polar surface area (TPSA) is 45.8 Å². The maximum Gasteiger partial charge on any atom is 0.170 e. The Hall–Kier alpha value is -2.15. The first-order valence-electron chi connectivity index (χ1n) is 10.2. The number of benzene rings is 2. The van der Waals surface area contributed by atoms with Gasteiger partial charge in [-0.15, -0.1) is 0 Å². The van der Waals surface area contributed by atoms with E-state index in [1.807, 2.05) is 12.1 Å². The van der Waals surface area contributed by atoms with E-state index in [1.54, 1.807) is 7.11 Å². The predicted octanol–water partition coefficient (Wildman–Crippen LogP) is 4.18. The molecule has 2 N–H and O–H groups in total. The molecule has 1 aliphatic heterocycles. The lowest BCUT2D eigenvalue weighted by molar-refractivity contribution is 0.0170. The lowest BCUT2D eigenvalue weighted by Gasteiger charge is -2.35. The number of morpholine rings is 1. The summed E-state index contributed by atoms with van der Waals surface area (Å²) in [6.45, 7) is 8.46. The van der Waals surface area contributed by atoms with Gasteiger partial charge in [-0.2, -0.15) is 0 Å². The van der Waals surface area contributed by atoms with Crippen LogP contribution in [0.2, 0.25) is 0 Å². The van der Waals surface area contributed by atoms with E-state index in [0.717, 1.165) is 44.3 Å². The monoisotopic (exact) mass is 413 g/mol. The molecule has 5 nitrogen and oxygen atoms in total. The van der Waals surface area contributed by atoms with Gasteiger partial charge >= 0.3 is 0 Å². The van der Waals surface area contributed by atoms with Crippen LogP contribution in [0.3, 0.4) is 0 Å². The molecular formula is C23H31N3O2S. The zero-order valence-corrected chi connectivity index (χ0v) is 18.3. The number of hydrogen-bond acceptors (Lipinski definition) is 4. The molecule has 6 heteroatoms. The minimum Gasteiger partial charge on any atom is -0.497 e. The van der Waals surface area contributed by atoms with Gasteiger partial charge in [-0.05, 0) is 53.5 Å². The van der Waals surface area contributed by atoms with E-state index < -0.39 is 0 Å². The summed E-state index contributed by atoms with van der Waals surface area (Å²) < 4.78 is 10.8. The van der Waals surface area contributed by atoms with E-state index in [2.05, 4.69) is 65.8 Å². The fourth-order valence-corrected chi connectivity index (χ4v) is 3.69. The molecule has 1 saturated heterocycles. The Morgan fingerprint density at radius 3 is 2.24 bits per heavy atom. The molecule has 0 unspecified atom stereocenters. The largest absolute Gasteiger partial charge is 0.497 e. The molecule has 1 heterocycles. The highest BCUT2D eigenvalue weighted by atomic mass is 32.1. The van der Waals surface area contributed by atoms with E-state index in [4.69, 9.17) is 21.7 Å². The second-order valence-corrected chi connectivity index (χ2v) is 7.96. The molecule has 0 radical (unpaired) electrons. The molecule has 1 atom stereocenters. The van der Waals surface area contributed by atoms with Crippen LogP contribution >= 0.6 is 12.2 Å². The van der Waals surface area contributed by atoms with Gasteiger partial charge < -0.3 is 20.1 Å². The smallest absolute Gasteiger partial charge is 0.170 e. The van der Waals surface area contributed by atoms with Gasteiger partial charge in [0, 0.05) is 25.3 Å². The van der Waals surface area contributed by atoms with Gasteiger partial charge in [-0.1, -0.05) is 38.1 Å². The van der Waals surface area contributed by atoms with Crippen molar-refractivity contribution in [3.63, 3.8) is 0 Å². The summed E-state index contributed by atoms with van der Waals surface area (Å²) >= 11 is 5.54. The summed E-state index contributed by atoms with van der Waals surface area (Å²) in [5.74, 6) is 1.39. The summed E-state index contributed by atoms with van der Waals surface area (Å²) in [6, 6.07) is 16.9. The molecule has 2 aromatic carbocycles. The lowest BCUT2D eigenvalue weighted by Crippen LogP contribution is -2.44. The Labute approximate surface area is 179 Å². The van der Waals surface area contributed by atoms with Gasteiger partial charge in [-0.3, -0.25) is 4.90 Å². The summed E-state index contributed by atoms with van der Waals surface area (Å²) in [7, 11) is 1.69. The van der Waals surface area contributed by atoms with Crippen LogP contribution in [-0.2, 0) is 4.74 Å². The highest BCUT2D eigenvalue weighted by molar-refractivity contribution is 7.80. The second kappa shape index (κ2) is 10.6. The molecule has 0 bridgehead atoms. The fraction of sp³-hybridized carbons (Fsp3) is 0.435. The second-order valence-electron chi connectivity index (χ2n) is 7.55. The summed E-state index contributed by atoms with van der Waals surface area (Å²) in [4.78, 5) is 2.44. The average Bonchev–Trinajstić information content (AvgIpc) is 2.75. The Balaban J connectivity index is 1.62. The average molecular weight is 414 g/mol. The number of nitrogens with zero attached hydrogens (tertiary/aromatic N) is 1. The van der Waals surface area contributed by atoms with Crippen molar-refractivity contribution >= 4 is 23.0 Å².